The molecular formula is C25H31N5O5S. The van der Waals surface area contributed by atoms with Gasteiger partial charge in [0.2, 0.25) is 15.9 Å². The van der Waals surface area contributed by atoms with E-state index in [4.69, 9.17) is 19.2 Å². The molecule has 0 bridgehead atoms. The number of methoxy groups -OCH3 is 1. The van der Waals surface area contributed by atoms with E-state index in [9.17, 15) is 8.42 Å². The third-order valence-corrected chi connectivity index (χ3v) is 7.97. The second-order valence-corrected chi connectivity index (χ2v) is 11.1. The molecule has 0 N–H and O–H groups in total. The second kappa shape index (κ2) is 10.6. The Balaban J connectivity index is 1.34. The van der Waals surface area contributed by atoms with Gasteiger partial charge in [-0.2, -0.15) is 4.31 Å². The molecular weight excluding hydrogens is 482 g/mol. The number of anilines is 1. The summed E-state index contributed by atoms with van der Waals surface area (Å²) in [5.74, 6) is 0.349. The predicted molar refractivity (Wildman–Crippen MR) is 137 cm³/mol. The maximum atomic E-state index is 11.9. The first-order valence-electron chi connectivity index (χ1n) is 12.1. The van der Waals surface area contributed by atoms with Crippen LogP contribution in [-0.4, -0.2) is 92.6 Å². The van der Waals surface area contributed by atoms with Crippen molar-refractivity contribution in [1.82, 2.24) is 19.3 Å². The highest BCUT2D eigenvalue weighted by Gasteiger charge is 2.27. The van der Waals surface area contributed by atoms with Crippen molar-refractivity contribution in [1.29, 1.82) is 0 Å². The van der Waals surface area contributed by atoms with Crippen molar-refractivity contribution < 1.29 is 22.6 Å². The molecule has 10 nitrogen and oxygen atoms in total. The van der Waals surface area contributed by atoms with Gasteiger partial charge in [0.1, 0.15) is 12.7 Å². The molecule has 2 saturated heterocycles. The van der Waals surface area contributed by atoms with Gasteiger partial charge in [-0.15, -0.1) is 0 Å². The van der Waals surface area contributed by atoms with Crippen molar-refractivity contribution in [2.24, 2.45) is 0 Å². The van der Waals surface area contributed by atoms with Gasteiger partial charge in [-0.3, -0.25) is 4.98 Å². The summed E-state index contributed by atoms with van der Waals surface area (Å²) in [5, 5.41) is 0. The number of sulfonamides is 1. The monoisotopic (exact) mass is 513 g/mol. The van der Waals surface area contributed by atoms with Gasteiger partial charge in [-0.25, -0.2) is 18.4 Å². The van der Waals surface area contributed by atoms with Crippen LogP contribution < -0.4 is 9.64 Å². The standard InChI is InChI=1S/C25H31N5O5S/c1-33-20-7-11-29(12-8-20)19-5-3-18(4-6-19)22-15-23-24(27-10-9-26-23)25(28-22)35-17-21-16-30(13-14-34-21)36(2,31)32/h3-6,9-10,15,20-21H,7-8,11-14,16-17H2,1-2H3/t21-/m0/s1. The van der Waals surface area contributed by atoms with E-state index in [1.54, 1.807) is 19.5 Å². The number of pyridine rings is 1. The van der Waals surface area contributed by atoms with Gasteiger partial charge in [0.25, 0.3) is 0 Å². The summed E-state index contributed by atoms with van der Waals surface area (Å²) in [5.41, 5.74) is 4.07. The molecule has 36 heavy (non-hydrogen) atoms. The lowest BCUT2D eigenvalue weighted by molar-refractivity contribution is -0.0252. The van der Waals surface area contributed by atoms with Gasteiger partial charge in [-0.1, -0.05) is 12.1 Å². The summed E-state index contributed by atoms with van der Waals surface area (Å²) in [7, 11) is -1.51. The molecule has 1 aromatic carbocycles. The highest BCUT2D eigenvalue weighted by Crippen LogP contribution is 2.29. The maximum Gasteiger partial charge on any atom is 0.242 e. The summed E-state index contributed by atoms with van der Waals surface area (Å²) in [6.07, 6.45) is 6.43. The molecule has 0 radical (unpaired) electrons. The number of piperidine rings is 1. The Morgan fingerprint density at radius 1 is 1.08 bits per heavy atom. The van der Waals surface area contributed by atoms with Gasteiger partial charge in [-0.05, 0) is 31.0 Å². The van der Waals surface area contributed by atoms with Crippen molar-refractivity contribution in [3.63, 3.8) is 0 Å². The van der Waals surface area contributed by atoms with E-state index in [0.29, 0.717) is 36.2 Å². The van der Waals surface area contributed by atoms with Crippen LogP contribution in [0.25, 0.3) is 22.3 Å². The molecule has 0 amide bonds. The van der Waals surface area contributed by atoms with Gasteiger partial charge in [0.15, 0.2) is 5.52 Å². The Morgan fingerprint density at radius 3 is 2.56 bits per heavy atom. The second-order valence-electron chi connectivity index (χ2n) is 9.13. The molecule has 192 valence electrons. The highest BCUT2D eigenvalue weighted by atomic mass is 32.2. The summed E-state index contributed by atoms with van der Waals surface area (Å²) < 4.78 is 42.5. The van der Waals surface area contributed by atoms with Crippen LogP contribution in [0.5, 0.6) is 5.88 Å². The molecule has 5 rings (SSSR count). The number of rotatable bonds is 7. The summed E-state index contributed by atoms with van der Waals surface area (Å²) in [6, 6.07) is 10.2. The van der Waals surface area contributed by atoms with E-state index >= 15 is 0 Å². The number of nitrogens with zero attached hydrogens (tertiary/aromatic N) is 5. The van der Waals surface area contributed by atoms with E-state index in [1.807, 2.05) is 6.07 Å². The molecule has 0 spiro atoms. The van der Waals surface area contributed by atoms with E-state index in [2.05, 4.69) is 39.1 Å². The number of ether oxygens (including phenoxy) is 3. The van der Waals surface area contributed by atoms with Crippen LogP contribution in [0.15, 0.2) is 42.7 Å². The number of hydrogen-bond donors (Lipinski definition) is 0. The Morgan fingerprint density at radius 2 is 1.83 bits per heavy atom. The van der Waals surface area contributed by atoms with E-state index in [1.165, 1.54) is 16.2 Å². The largest absolute Gasteiger partial charge is 0.473 e. The first-order chi connectivity index (χ1) is 17.4. The zero-order valence-corrected chi connectivity index (χ0v) is 21.4. The number of fused-ring (bicyclic) bond motifs is 1. The van der Waals surface area contributed by atoms with Crippen LogP contribution in [0.3, 0.4) is 0 Å². The van der Waals surface area contributed by atoms with Crippen LogP contribution in [-0.2, 0) is 19.5 Å². The topological polar surface area (TPSA) is 107 Å². The summed E-state index contributed by atoms with van der Waals surface area (Å²) in [6.45, 7) is 3.01. The summed E-state index contributed by atoms with van der Waals surface area (Å²) in [4.78, 5) is 16.0. The lowest BCUT2D eigenvalue weighted by atomic mass is 10.1. The zero-order chi connectivity index (χ0) is 25.1. The van der Waals surface area contributed by atoms with E-state index in [-0.39, 0.29) is 13.2 Å². The van der Waals surface area contributed by atoms with Crippen molar-refractivity contribution in [3.05, 3.63) is 42.7 Å². The number of benzene rings is 1. The molecule has 0 aliphatic carbocycles. The quantitative estimate of drug-likeness (QED) is 0.470. The molecule has 2 fully saturated rings. The Labute approximate surface area is 211 Å². The molecule has 2 aliphatic rings. The number of aromatic nitrogens is 3. The average molecular weight is 514 g/mol. The van der Waals surface area contributed by atoms with E-state index < -0.39 is 16.1 Å². The molecule has 0 saturated carbocycles. The van der Waals surface area contributed by atoms with Crippen molar-refractivity contribution >= 4 is 26.7 Å². The van der Waals surface area contributed by atoms with Crippen LogP contribution in [0, 0.1) is 0 Å². The van der Waals surface area contributed by atoms with Crippen LogP contribution >= 0.6 is 0 Å². The lowest BCUT2D eigenvalue weighted by Crippen LogP contribution is -2.47. The Hall–Kier alpha value is -2.86. The smallest absolute Gasteiger partial charge is 0.242 e. The normalized spacial score (nSPS) is 20.1. The lowest BCUT2D eigenvalue weighted by Gasteiger charge is -2.33. The van der Waals surface area contributed by atoms with Crippen molar-refractivity contribution in [2.45, 2.75) is 25.0 Å². The average Bonchev–Trinajstić information content (AvgIpc) is 2.91. The van der Waals surface area contributed by atoms with Gasteiger partial charge in [0, 0.05) is 56.9 Å². The van der Waals surface area contributed by atoms with Crippen LogP contribution in [0.4, 0.5) is 5.69 Å². The van der Waals surface area contributed by atoms with Crippen molar-refractivity contribution in [3.8, 4) is 17.1 Å². The molecule has 2 aromatic heterocycles. The SMILES string of the molecule is COC1CCN(c2ccc(-c3cc4nccnc4c(OC[C@@H]4CN(S(C)(=O)=O)CCO4)n3)cc2)CC1. The molecule has 1 atom stereocenters. The van der Waals surface area contributed by atoms with E-state index in [0.717, 1.165) is 37.2 Å². The molecule has 2 aliphatic heterocycles. The molecule has 4 heterocycles. The summed E-state index contributed by atoms with van der Waals surface area (Å²) >= 11 is 0. The minimum atomic E-state index is -3.29. The number of hydrogen-bond acceptors (Lipinski definition) is 9. The fraction of sp³-hybridized carbons (Fsp3) is 0.480. The third kappa shape index (κ3) is 5.59. The maximum absolute atomic E-state index is 11.9. The fourth-order valence-corrected chi connectivity index (χ4v) is 5.49. The first kappa shape index (κ1) is 24.8. The van der Waals surface area contributed by atoms with Gasteiger partial charge >= 0.3 is 0 Å². The number of morpholine rings is 1. The van der Waals surface area contributed by atoms with Gasteiger partial charge < -0.3 is 19.1 Å². The van der Waals surface area contributed by atoms with Crippen LogP contribution in [0.1, 0.15) is 12.8 Å². The zero-order valence-electron chi connectivity index (χ0n) is 20.5. The molecule has 3 aromatic rings. The fourth-order valence-electron chi connectivity index (χ4n) is 4.65. The molecule has 11 heteroatoms. The van der Waals surface area contributed by atoms with Gasteiger partial charge in [0.05, 0.1) is 30.2 Å². The first-order valence-corrected chi connectivity index (χ1v) is 13.9. The Bertz CT molecular complexity index is 1300. The predicted octanol–water partition coefficient (Wildman–Crippen LogP) is 2.35. The van der Waals surface area contributed by atoms with Crippen molar-refractivity contribution in [2.75, 3.05) is 57.7 Å². The van der Waals surface area contributed by atoms with Crippen LogP contribution in [0.2, 0.25) is 0 Å². The highest BCUT2D eigenvalue weighted by molar-refractivity contribution is 7.88. The minimum absolute atomic E-state index is 0.157. The molecule has 0 unspecified atom stereocenters. The Kier molecular flexibility index (Phi) is 7.33. The third-order valence-electron chi connectivity index (χ3n) is 6.70. The minimum Gasteiger partial charge on any atom is -0.473 e.